The van der Waals surface area contributed by atoms with E-state index in [4.69, 9.17) is 5.73 Å². The molecule has 3 nitrogen and oxygen atoms in total. The highest BCUT2D eigenvalue weighted by molar-refractivity contribution is 5.32. The molecule has 3 heteroatoms. The maximum Gasteiger partial charge on any atom is 0.197 e. The van der Waals surface area contributed by atoms with Crippen LogP contribution in [0.25, 0.3) is 0 Å². The van der Waals surface area contributed by atoms with Crippen LogP contribution >= 0.6 is 0 Å². The molecule has 0 bridgehead atoms. The van der Waals surface area contributed by atoms with Gasteiger partial charge >= 0.3 is 0 Å². The summed E-state index contributed by atoms with van der Waals surface area (Å²) in [6.45, 7) is 4.44. The van der Waals surface area contributed by atoms with Crippen molar-refractivity contribution in [3.8, 4) is 0 Å². The van der Waals surface area contributed by atoms with Crippen LogP contribution in [0, 0.1) is 0 Å². The molecule has 1 heterocycles. The molecule has 0 spiro atoms. The summed E-state index contributed by atoms with van der Waals surface area (Å²) < 4.78 is 0. The third-order valence-electron chi connectivity index (χ3n) is 2.77. The number of nitrogen functional groups attached to an aromatic ring is 1. The molecular formula is C9H15N3. The molecule has 0 fully saturated rings. The molecule has 1 aliphatic carbocycles. The van der Waals surface area contributed by atoms with Gasteiger partial charge in [0.1, 0.15) is 0 Å². The van der Waals surface area contributed by atoms with Crippen LogP contribution < -0.4 is 5.73 Å². The summed E-state index contributed by atoms with van der Waals surface area (Å²) in [5.41, 5.74) is 8.06. The van der Waals surface area contributed by atoms with E-state index in [0.717, 1.165) is 0 Å². The van der Waals surface area contributed by atoms with Gasteiger partial charge in [0.15, 0.2) is 5.95 Å². The minimum Gasteiger partial charge on any atom is -0.369 e. The van der Waals surface area contributed by atoms with Gasteiger partial charge in [0, 0.05) is 11.6 Å². The van der Waals surface area contributed by atoms with Crippen LogP contribution in [0.5, 0.6) is 0 Å². The van der Waals surface area contributed by atoms with E-state index in [-0.39, 0.29) is 0 Å². The Hall–Kier alpha value is -0.990. The molecule has 0 aromatic carbocycles. The Morgan fingerprint density at radius 1 is 1.33 bits per heavy atom. The van der Waals surface area contributed by atoms with Crippen molar-refractivity contribution in [3.05, 3.63) is 11.4 Å². The molecule has 2 atom stereocenters. The van der Waals surface area contributed by atoms with E-state index in [1.54, 1.807) is 0 Å². The zero-order valence-corrected chi connectivity index (χ0v) is 7.59. The highest BCUT2D eigenvalue weighted by Crippen LogP contribution is 2.36. The summed E-state index contributed by atoms with van der Waals surface area (Å²) in [5.74, 6) is 1.74. The number of imidazole rings is 1. The van der Waals surface area contributed by atoms with Crippen molar-refractivity contribution in [2.75, 3.05) is 5.73 Å². The van der Waals surface area contributed by atoms with Crippen LogP contribution in [0.2, 0.25) is 0 Å². The zero-order chi connectivity index (χ0) is 8.72. The maximum absolute atomic E-state index is 5.62. The molecule has 12 heavy (non-hydrogen) atoms. The van der Waals surface area contributed by atoms with Crippen LogP contribution in [0.15, 0.2) is 0 Å². The molecule has 0 radical (unpaired) electrons. The second-order valence-electron chi connectivity index (χ2n) is 3.80. The lowest BCUT2D eigenvalue weighted by atomic mass is 9.85. The molecule has 2 unspecified atom stereocenters. The van der Waals surface area contributed by atoms with E-state index < -0.39 is 0 Å². The maximum atomic E-state index is 5.62. The van der Waals surface area contributed by atoms with Crippen LogP contribution in [0.4, 0.5) is 5.95 Å². The monoisotopic (exact) mass is 165 g/mol. The molecule has 1 aliphatic rings. The minimum absolute atomic E-state index is 0.570. The van der Waals surface area contributed by atoms with Crippen molar-refractivity contribution in [1.29, 1.82) is 0 Å². The predicted molar refractivity (Wildman–Crippen MR) is 49.1 cm³/mol. The van der Waals surface area contributed by atoms with Crippen LogP contribution in [-0.4, -0.2) is 9.97 Å². The average Bonchev–Trinajstić information content (AvgIpc) is 2.41. The Kier molecular flexibility index (Phi) is 1.60. The number of fused-ring (bicyclic) bond motifs is 1. The average molecular weight is 165 g/mol. The van der Waals surface area contributed by atoms with Crippen molar-refractivity contribution in [1.82, 2.24) is 9.97 Å². The number of aromatic amines is 1. The van der Waals surface area contributed by atoms with Crippen molar-refractivity contribution < 1.29 is 0 Å². The Balaban J connectivity index is 2.47. The molecule has 1 aromatic heterocycles. The number of nitrogens with zero attached hydrogens (tertiary/aromatic N) is 1. The number of nitrogens with one attached hydrogen (secondary N) is 1. The lowest BCUT2D eigenvalue weighted by Gasteiger charge is -2.22. The van der Waals surface area contributed by atoms with Crippen molar-refractivity contribution >= 4 is 5.95 Å². The third kappa shape index (κ3) is 1.00. The summed E-state index contributed by atoms with van der Waals surface area (Å²) >= 11 is 0. The number of aromatic nitrogens is 2. The first-order chi connectivity index (χ1) is 5.68. The summed E-state index contributed by atoms with van der Waals surface area (Å²) in [4.78, 5) is 7.45. The number of rotatable bonds is 0. The topological polar surface area (TPSA) is 54.7 Å². The van der Waals surface area contributed by atoms with Gasteiger partial charge < -0.3 is 10.7 Å². The first-order valence-corrected chi connectivity index (χ1v) is 4.53. The van der Waals surface area contributed by atoms with E-state index >= 15 is 0 Å². The van der Waals surface area contributed by atoms with Crippen molar-refractivity contribution in [2.24, 2.45) is 0 Å². The fraction of sp³-hybridized carbons (Fsp3) is 0.667. The quantitative estimate of drug-likeness (QED) is 0.617. The van der Waals surface area contributed by atoms with E-state index in [2.05, 4.69) is 23.8 Å². The number of anilines is 1. The van der Waals surface area contributed by atoms with Crippen molar-refractivity contribution in [2.45, 2.75) is 38.5 Å². The van der Waals surface area contributed by atoms with Gasteiger partial charge in [-0.1, -0.05) is 13.8 Å². The Labute approximate surface area is 72.4 Å². The molecular weight excluding hydrogens is 150 g/mol. The van der Waals surface area contributed by atoms with Gasteiger partial charge in [-0.15, -0.1) is 0 Å². The summed E-state index contributed by atoms with van der Waals surface area (Å²) in [6, 6.07) is 0. The SMILES string of the molecule is CC1CCC(C)c2[nH]c(N)nc21. The van der Waals surface area contributed by atoms with E-state index in [1.165, 1.54) is 24.2 Å². The van der Waals surface area contributed by atoms with Gasteiger partial charge in [-0.2, -0.15) is 0 Å². The lowest BCUT2D eigenvalue weighted by Crippen LogP contribution is -2.09. The highest BCUT2D eigenvalue weighted by atomic mass is 15.0. The first kappa shape index (κ1) is 7.65. The number of H-pyrrole nitrogens is 1. The third-order valence-corrected chi connectivity index (χ3v) is 2.77. The second kappa shape index (κ2) is 2.51. The Bertz CT molecular complexity index is 262. The molecule has 0 saturated carbocycles. The largest absolute Gasteiger partial charge is 0.369 e. The molecule has 0 saturated heterocycles. The van der Waals surface area contributed by atoms with E-state index in [1.807, 2.05) is 0 Å². The Morgan fingerprint density at radius 2 is 2.00 bits per heavy atom. The lowest BCUT2D eigenvalue weighted by molar-refractivity contribution is 0.513. The van der Waals surface area contributed by atoms with Gasteiger partial charge in [0.05, 0.1) is 5.69 Å². The van der Waals surface area contributed by atoms with Gasteiger partial charge in [-0.3, -0.25) is 0 Å². The number of nitrogens with two attached hydrogens (primary N) is 1. The zero-order valence-electron chi connectivity index (χ0n) is 7.59. The van der Waals surface area contributed by atoms with Gasteiger partial charge in [-0.05, 0) is 18.8 Å². The van der Waals surface area contributed by atoms with Gasteiger partial charge in [0.2, 0.25) is 0 Å². The molecule has 2 rings (SSSR count). The molecule has 0 aliphatic heterocycles. The number of hydrogen-bond donors (Lipinski definition) is 2. The Morgan fingerprint density at radius 3 is 2.67 bits per heavy atom. The van der Waals surface area contributed by atoms with Crippen LogP contribution in [0.1, 0.15) is 49.9 Å². The predicted octanol–water partition coefficient (Wildman–Crippen LogP) is 1.99. The normalized spacial score (nSPS) is 28.5. The van der Waals surface area contributed by atoms with Gasteiger partial charge in [-0.25, -0.2) is 4.98 Å². The molecule has 0 amide bonds. The van der Waals surface area contributed by atoms with Crippen LogP contribution in [0.3, 0.4) is 0 Å². The molecule has 3 N–H and O–H groups in total. The summed E-state index contributed by atoms with van der Waals surface area (Å²) in [7, 11) is 0. The van der Waals surface area contributed by atoms with Crippen molar-refractivity contribution in [3.63, 3.8) is 0 Å². The van der Waals surface area contributed by atoms with Gasteiger partial charge in [0.25, 0.3) is 0 Å². The molecule has 1 aromatic rings. The molecule has 66 valence electrons. The number of hydrogen-bond acceptors (Lipinski definition) is 2. The first-order valence-electron chi connectivity index (χ1n) is 4.53. The standard InChI is InChI=1S/C9H15N3/c1-5-3-4-6(2)8-7(5)11-9(10)12-8/h5-6H,3-4H2,1-2H3,(H3,10,11,12). The van der Waals surface area contributed by atoms with E-state index in [9.17, 15) is 0 Å². The smallest absolute Gasteiger partial charge is 0.197 e. The second-order valence-corrected chi connectivity index (χ2v) is 3.80. The highest BCUT2D eigenvalue weighted by Gasteiger charge is 2.25. The minimum atomic E-state index is 0.570. The van der Waals surface area contributed by atoms with E-state index in [0.29, 0.717) is 17.8 Å². The summed E-state index contributed by atoms with van der Waals surface area (Å²) in [6.07, 6.45) is 2.48. The fourth-order valence-corrected chi connectivity index (χ4v) is 1.95. The fourth-order valence-electron chi connectivity index (χ4n) is 1.95. The summed E-state index contributed by atoms with van der Waals surface area (Å²) in [5, 5.41) is 0. The van der Waals surface area contributed by atoms with Crippen LogP contribution in [-0.2, 0) is 0 Å².